The number of rotatable bonds is 5. The monoisotopic (exact) mass is 281 g/mol. The molecule has 0 saturated heterocycles. The number of aromatic amines is 1. The van der Waals surface area contributed by atoms with Gasteiger partial charge < -0.3 is 10.6 Å². The molecule has 0 aliphatic heterocycles. The number of H-pyrrole nitrogens is 1. The molecule has 0 fully saturated rings. The van der Waals surface area contributed by atoms with Crippen LogP contribution in [0.4, 0.5) is 5.82 Å². The summed E-state index contributed by atoms with van der Waals surface area (Å²) in [4.78, 5) is 15.9. The molecule has 0 aliphatic carbocycles. The highest BCUT2D eigenvalue weighted by Gasteiger charge is 2.10. The zero-order valence-electron chi connectivity index (χ0n) is 10.1. The average molecular weight is 282 g/mol. The number of nitrogens with zero attached hydrogens (tertiary/aromatic N) is 4. The Kier molecular flexibility index (Phi) is 4.24. The first-order chi connectivity index (χ1) is 9.20. The number of aromatic nitrogens is 5. The lowest BCUT2D eigenvalue weighted by Crippen LogP contribution is -2.23. The van der Waals surface area contributed by atoms with E-state index in [1.165, 1.54) is 6.20 Å². The van der Waals surface area contributed by atoms with Crippen LogP contribution in [0.5, 0.6) is 0 Å². The number of pyridine rings is 1. The molecule has 2 rings (SSSR count). The minimum absolute atomic E-state index is 0.182. The van der Waals surface area contributed by atoms with E-state index < -0.39 is 0 Å². The lowest BCUT2D eigenvalue weighted by molar-refractivity contribution is 0.0949. The number of nitrogens with one attached hydrogen (secondary N) is 3. The SMILES string of the molecule is CCNc1ncc(C(=O)NCc2nn[nH]n2)cc1Cl. The minimum atomic E-state index is -0.303. The van der Waals surface area contributed by atoms with Crippen molar-refractivity contribution in [3.8, 4) is 0 Å². The van der Waals surface area contributed by atoms with Crippen LogP contribution in [0, 0.1) is 0 Å². The van der Waals surface area contributed by atoms with Crippen LogP contribution < -0.4 is 10.6 Å². The molecule has 0 spiro atoms. The van der Waals surface area contributed by atoms with Gasteiger partial charge in [0.2, 0.25) is 0 Å². The molecule has 0 atom stereocenters. The van der Waals surface area contributed by atoms with E-state index in [1.54, 1.807) is 6.07 Å². The summed E-state index contributed by atoms with van der Waals surface area (Å²) < 4.78 is 0. The maximum absolute atomic E-state index is 11.8. The van der Waals surface area contributed by atoms with Gasteiger partial charge in [-0.1, -0.05) is 16.8 Å². The normalized spacial score (nSPS) is 10.2. The third-order valence-corrected chi connectivity index (χ3v) is 2.53. The van der Waals surface area contributed by atoms with Gasteiger partial charge in [0.05, 0.1) is 17.1 Å². The van der Waals surface area contributed by atoms with E-state index in [0.717, 1.165) is 0 Å². The predicted octanol–water partition coefficient (Wildman–Crippen LogP) is 0.610. The van der Waals surface area contributed by atoms with Gasteiger partial charge in [-0.15, -0.1) is 10.2 Å². The van der Waals surface area contributed by atoms with Gasteiger partial charge in [0.25, 0.3) is 5.91 Å². The zero-order chi connectivity index (χ0) is 13.7. The molecule has 0 aliphatic rings. The summed E-state index contributed by atoms with van der Waals surface area (Å²) >= 11 is 6.01. The molecule has 0 saturated carbocycles. The van der Waals surface area contributed by atoms with Crippen LogP contribution in [0.25, 0.3) is 0 Å². The van der Waals surface area contributed by atoms with Crippen LogP contribution >= 0.6 is 11.6 Å². The van der Waals surface area contributed by atoms with E-state index >= 15 is 0 Å². The van der Waals surface area contributed by atoms with Crippen LogP contribution in [0.2, 0.25) is 5.02 Å². The van der Waals surface area contributed by atoms with Crippen molar-refractivity contribution in [3.05, 3.63) is 28.7 Å². The smallest absolute Gasteiger partial charge is 0.253 e. The second-order valence-electron chi connectivity index (χ2n) is 3.60. The molecule has 0 aromatic carbocycles. The van der Waals surface area contributed by atoms with Crippen molar-refractivity contribution < 1.29 is 4.79 Å². The van der Waals surface area contributed by atoms with Gasteiger partial charge in [-0.25, -0.2) is 4.98 Å². The number of anilines is 1. The number of halogens is 1. The van der Waals surface area contributed by atoms with Gasteiger partial charge in [0.1, 0.15) is 5.82 Å². The number of carbonyl (C=O) groups excluding carboxylic acids is 1. The van der Waals surface area contributed by atoms with Crippen LogP contribution in [0.15, 0.2) is 12.3 Å². The van der Waals surface area contributed by atoms with E-state index in [2.05, 4.69) is 36.2 Å². The molecule has 0 bridgehead atoms. The van der Waals surface area contributed by atoms with Gasteiger partial charge in [-0.3, -0.25) is 4.79 Å². The first-order valence-corrected chi connectivity index (χ1v) is 5.98. The summed E-state index contributed by atoms with van der Waals surface area (Å²) in [6.45, 7) is 2.82. The highest BCUT2D eigenvalue weighted by Crippen LogP contribution is 2.19. The molecule has 2 aromatic heterocycles. The van der Waals surface area contributed by atoms with Crippen molar-refractivity contribution in [1.82, 2.24) is 30.9 Å². The summed E-state index contributed by atoms with van der Waals surface area (Å²) in [6, 6.07) is 1.55. The first kappa shape index (κ1) is 13.2. The Bertz CT molecular complexity index is 557. The third kappa shape index (κ3) is 3.38. The molecule has 100 valence electrons. The fourth-order valence-corrected chi connectivity index (χ4v) is 1.61. The van der Waals surface area contributed by atoms with Gasteiger partial charge in [-0.05, 0) is 13.0 Å². The Morgan fingerprint density at radius 2 is 2.37 bits per heavy atom. The highest BCUT2D eigenvalue weighted by atomic mass is 35.5. The number of amides is 1. The second-order valence-corrected chi connectivity index (χ2v) is 4.00. The number of hydrogen-bond donors (Lipinski definition) is 3. The van der Waals surface area contributed by atoms with Gasteiger partial charge in [-0.2, -0.15) is 5.21 Å². The number of tetrazole rings is 1. The summed E-state index contributed by atoms with van der Waals surface area (Å²) in [6.07, 6.45) is 1.45. The van der Waals surface area contributed by atoms with Crippen molar-refractivity contribution in [3.63, 3.8) is 0 Å². The summed E-state index contributed by atoms with van der Waals surface area (Å²) in [5.41, 5.74) is 0.371. The molecule has 2 heterocycles. The van der Waals surface area contributed by atoms with E-state index in [-0.39, 0.29) is 12.5 Å². The molecule has 3 N–H and O–H groups in total. The van der Waals surface area contributed by atoms with Crippen LogP contribution in [0.1, 0.15) is 23.1 Å². The van der Waals surface area contributed by atoms with Gasteiger partial charge >= 0.3 is 0 Å². The maximum atomic E-state index is 11.8. The Labute approximate surface area is 114 Å². The summed E-state index contributed by atoms with van der Waals surface area (Å²) in [7, 11) is 0. The van der Waals surface area contributed by atoms with Gasteiger partial charge in [0, 0.05) is 12.7 Å². The molecule has 0 unspecified atom stereocenters. The fourth-order valence-electron chi connectivity index (χ4n) is 1.38. The molecule has 1 amide bonds. The molecule has 9 heteroatoms. The maximum Gasteiger partial charge on any atom is 0.253 e. The van der Waals surface area contributed by atoms with E-state index in [1.807, 2.05) is 6.92 Å². The molecule has 8 nitrogen and oxygen atoms in total. The van der Waals surface area contributed by atoms with E-state index in [9.17, 15) is 4.79 Å². The van der Waals surface area contributed by atoms with Crippen LogP contribution in [-0.4, -0.2) is 38.1 Å². The average Bonchev–Trinajstić information content (AvgIpc) is 2.91. The van der Waals surface area contributed by atoms with E-state index in [4.69, 9.17) is 11.6 Å². The highest BCUT2D eigenvalue weighted by molar-refractivity contribution is 6.33. The lowest BCUT2D eigenvalue weighted by Gasteiger charge is -2.07. The Balaban J connectivity index is 2.01. The molecule has 2 aromatic rings. The zero-order valence-corrected chi connectivity index (χ0v) is 10.9. The third-order valence-electron chi connectivity index (χ3n) is 2.24. The topological polar surface area (TPSA) is 108 Å². The lowest BCUT2D eigenvalue weighted by atomic mass is 10.2. The van der Waals surface area contributed by atoms with E-state index in [0.29, 0.717) is 28.8 Å². The quantitative estimate of drug-likeness (QED) is 0.741. The molecule has 19 heavy (non-hydrogen) atoms. The van der Waals surface area contributed by atoms with Crippen LogP contribution in [-0.2, 0) is 6.54 Å². The Morgan fingerprint density at radius 3 is 3.00 bits per heavy atom. The number of carbonyl (C=O) groups is 1. The van der Waals surface area contributed by atoms with Crippen molar-refractivity contribution >= 4 is 23.3 Å². The summed E-state index contributed by atoms with van der Waals surface area (Å²) in [5.74, 6) is 0.651. The number of hydrogen-bond acceptors (Lipinski definition) is 6. The second kappa shape index (κ2) is 6.10. The van der Waals surface area contributed by atoms with Crippen molar-refractivity contribution in [2.24, 2.45) is 0 Å². The van der Waals surface area contributed by atoms with Crippen molar-refractivity contribution in [2.45, 2.75) is 13.5 Å². The Morgan fingerprint density at radius 1 is 1.53 bits per heavy atom. The molecular weight excluding hydrogens is 270 g/mol. The van der Waals surface area contributed by atoms with Crippen LogP contribution in [0.3, 0.4) is 0 Å². The van der Waals surface area contributed by atoms with Gasteiger partial charge in [0.15, 0.2) is 5.82 Å². The van der Waals surface area contributed by atoms with Crippen molar-refractivity contribution in [1.29, 1.82) is 0 Å². The first-order valence-electron chi connectivity index (χ1n) is 5.60. The Hall–Kier alpha value is -2.22. The molecule has 0 radical (unpaired) electrons. The minimum Gasteiger partial charge on any atom is -0.369 e. The standard InChI is InChI=1S/C10H12ClN7O/c1-2-12-9-7(11)3-6(4-13-9)10(19)14-5-8-15-17-18-16-8/h3-4H,2,5H2,1H3,(H,12,13)(H,14,19)(H,15,16,17,18). The fraction of sp³-hybridized carbons (Fsp3) is 0.300. The predicted molar refractivity (Wildman–Crippen MR) is 68.8 cm³/mol. The van der Waals surface area contributed by atoms with Crippen molar-refractivity contribution in [2.75, 3.05) is 11.9 Å². The summed E-state index contributed by atoms with van der Waals surface area (Å²) in [5, 5.41) is 19.2. The molecular formula is C10H12ClN7O. The largest absolute Gasteiger partial charge is 0.369 e.